The van der Waals surface area contributed by atoms with Crippen molar-refractivity contribution in [3.05, 3.63) is 114 Å². The fourth-order valence-corrected chi connectivity index (χ4v) is 22.7. The quantitative estimate of drug-likeness (QED) is 0.00948. The average molecular weight is 1600 g/mol. The molecular formula is C88H116F6N2O4S7. The summed E-state index contributed by atoms with van der Waals surface area (Å²) in [5, 5.41) is 10.1. The van der Waals surface area contributed by atoms with E-state index in [2.05, 4.69) is 92.3 Å². The van der Waals surface area contributed by atoms with Gasteiger partial charge in [0.15, 0.2) is 13.2 Å². The molecule has 7 aromatic heterocycles. The minimum atomic E-state index is -4.72. The number of unbranched alkanes of at least 4 members (excludes halogenated alkanes) is 30. The first kappa shape index (κ1) is 89.1. The Morgan fingerprint density at radius 3 is 0.897 bits per heavy atom. The van der Waals surface area contributed by atoms with Gasteiger partial charge in [-0.1, -0.05) is 234 Å². The summed E-state index contributed by atoms with van der Waals surface area (Å²) in [4.78, 5) is 45.2. The maximum Gasteiger partial charge on any atom is 0.422 e. The number of hydrogen-bond acceptors (Lipinski definition) is 12. The molecule has 0 saturated heterocycles. The van der Waals surface area contributed by atoms with E-state index in [1.165, 1.54) is 237 Å². The van der Waals surface area contributed by atoms with E-state index in [0.717, 1.165) is 159 Å². The minimum absolute atomic E-state index is 0.463. The lowest BCUT2D eigenvalue weighted by Gasteiger charge is -2.06. The molecule has 0 unspecified atom stereocenters. The van der Waals surface area contributed by atoms with Crippen LogP contribution in [-0.2, 0) is 57.6 Å². The molecule has 7 aromatic rings. The van der Waals surface area contributed by atoms with Gasteiger partial charge >= 0.3 is 24.3 Å². The van der Waals surface area contributed by atoms with Crippen molar-refractivity contribution < 1.29 is 45.4 Å². The topological polar surface area (TPSA) is 80.8 Å². The van der Waals surface area contributed by atoms with Crippen molar-refractivity contribution in [3.63, 3.8) is 0 Å². The summed E-state index contributed by atoms with van der Waals surface area (Å²) in [6.45, 7) is 17.8. The van der Waals surface area contributed by atoms with Crippen LogP contribution in [0.3, 0.4) is 0 Å². The SMILES string of the molecule is [C-]#[N+]/C(=C\c1cc(CCCCCCCC)c(-c2cc(CCCCCCCC)c(-c3cc(CCCCCCCC)c(-c4ccc(-c5sc(-c6sc(-c7sc(/C=C(\C#N)C(=O)OCC(F)(F)F)cc7CCCCCCCC)cc6CCCCCCCC)cc5CCCCCCCC)s4)s3)s2)s1)C(=O)OCC(F)(F)F. The first-order valence-electron chi connectivity index (χ1n) is 40.4. The summed E-state index contributed by atoms with van der Waals surface area (Å²) >= 11 is 12.4. The molecule has 0 bridgehead atoms. The number of aryl methyl sites for hydroxylation is 6. The van der Waals surface area contributed by atoms with Crippen molar-refractivity contribution >= 4 is 103 Å². The number of halogens is 6. The van der Waals surface area contributed by atoms with Gasteiger partial charge in [-0.3, -0.25) is 4.79 Å². The number of hydrogen-bond donors (Lipinski definition) is 0. The molecule has 6 nitrogen and oxygen atoms in total. The van der Waals surface area contributed by atoms with Gasteiger partial charge in [-0.15, -0.1) is 79.4 Å². The van der Waals surface area contributed by atoms with E-state index in [1.807, 2.05) is 74.9 Å². The van der Waals surface area contributed by atoms with Gasteiger partial charge in [-0.2, -0.15) is 31.6 Å². The number of carbonyl (C=O) groups is 2. The highest BCUT2D eigenvalue weighted by Gasteiger charge is 2.32. The van der Waals surface area contributed by atoms with Crippen LogP contribution in [0.4, 0.5) is 26.3 Å². The number of nitrogens with zero attached hydrogens (tertiary/aromatic N) is 2. The molecule has 0 atom stereocenters. The van der Waals surface area contributed by atoms with E-state index < -0.39 is 48.8 Å². The second-order valence-electron chi connectivity index (χ2n) is 28.8. The van der Waals surface area contributed by atoms with Gasteiger partial charge < -0.3 is 9.47 Å². The Kier molecular flexibility index (Phi) is 40.5. The Labute approximate surface area is 664 Å². The Morgan fingerprint density at radius 1 is 0.364 bits per heavy atom. The van der Waals surface area contributed by atoms with Crippen molar-refractivity contribution in [1.29, 1.82) is 5.26 Å². The highest BCUT2D eigenvalue weighted by Crippen LogP contribution is 2.53. The van der Waals surface area contributed by atoms with Crippen LogP contribution in [0.1, 0.15) is 316 Å². The molecule has 7 rings (SSSR count). The van der Waals surface area contributed by atoms with Crippen LogP contribution in [-0.4, -0.2) is 37.5 Å². The highest BCUT2D eigenvalue weighted by molar-refractivity contribution is 7.31. The van der Waals surface area contributed by atoms with Crippen LogP contribution in [0.5, 0.6) is 0 Å². The van der Waals surface area contributed by atoms with Gasteiger partial charge in [-0.05, 0) is 171 Å². The summed E-state index contributed by atoms with van der Waals surface area (Å²) in [6, 6.07) is 20.4. The van der Waals surface area contributed by atoms with Crippen LogP contribution >= 0.6 is 79.4 Å². The number of alkyl halides is 6. The number of carbonyl (C=O) groups excluding carboxylic acids is 2. The number of esters is 2. The standard InChI is InChI=1S/C88H116F6N2O4S7/c1-8-14-20-26-32-38-44-63-52-70(54-69(60-95)85(97)99-61-87(89,90)91)101-81(63)75-57-67(48-42-36-30-24-18-12-5)83(106-75)77-55-65(46-40-34-28-22-16-10-3)79(104-77)73-50-51-74(103-73)80-66(47-41-35-29-23-17-11-4)56-78(105-80)84-68(49-43-37-31-25-19-13-6)58-76(107-84)82-64(45-39-33-27-21-15-9-2)53-71(102-82)59-72(96-7)86(98)100-62-88(92,93)94/h50-59H,8-49,61-62H2,1-6H3/b69-54+,72-59-. The largest absolute Gasteiger partial charge is 0.461 e. The van der Waals surface area contributed by atoms with E-state index >= 15 is 0 Å². The molecule has 107 heavy (non-hydrogen) atoms. The van der Waals surface area contributed by atoms with Crippen LogP contribution in [0.25, 0.3) is 75.5 Å². The second-order valence-corrected chi connectivity index (χ2v) is 36.3. The monoisotopic (exact) mass is 1600 g/mol. The third kappa shape index (κ3) is 30.5. The maximum absolute atomic E-state index is 13.2. The second kappa shape index (κ2) is 48.6. The smallest absolute Gasteiger partial charge is 0.422 e. The number of rotatable bonds is 54. The van der Waals surface area contributed by atoms with E-state index in [9.17, 15) is 41.2 Å². The fraction of sp³-hybridized carbons (Fsp3) is 0.591. The molecule has 0 radical (unpaired) electrons. The summed E-state index contributed by atoms with van der Waals surface area (Å²) in [6.07, 6.45) is 40.5. The molecule has 0 spiro atoms. The van der Waals surface area contributed by atoms with Crippen LogP contribution in [0.2, 0.25) is 0 Å². The predicted molar refractivity (Wildman–Crippen MR) is 449 cm³/mol. The van der Waals surface area contributed by atoms with Crippen molar-refractivity contribution in [2.75, 3.05) is 13.2 Å². The van der Waals surface area contributed by atoms with E-state index in [0.29, 0.717) is 9.75 Å². The van der Waals surface area contributed by atoms with Crippen molar-refractivity contribution in [1.82, 2.24) is 0 Å². The summed E-state index contributed by atoms with van der Waals surface area (Å²) in [5.74, 6) is -2.57. The van der Waals surface area contributed by atoms with Gasteiger partial charge in [0.1, 0.15) is 11.6 Å². The molecule has 0 saturated carbocycles. The van der Waals surface area contributed by atoms with Gasteiger partial charge in [0.05, 0.1) is 6.57 Å². The van der Waals surface area contributed by atoms with E-state index in [1.54, 1.807) is 0 Å². The molecule has 19 heteroatoms. The van der Waals surface area contributed by atoms with Gasteiger partial charge in [-0.25, -0.2) is 9.64 Å². The molecular weight excluding hydrogens is 1490 g/mol. The molecule has 7 heterocycles. The molecule has 0 aliphatic rings. The van der Waals surface area contributed by atoms with Crippen molar-refractivity contribution in [2.45, 2.75) is 324 Å². The zero-order valence-electron chi connectivity index (χ0n) is 64.5. The predicted octanol–water partition coefficient (Wildman–Crippen LogP) is 31.9. The van der Waals surface area contributed by atoms with Gasteiger partial charge in [0, 0.05) is 68.3 Å². The molecule has 0 aliphatic heterocycles. The van der Waals surface area contributed by atoms with Crippen molar-refractivity contribution in [2.24, 2.45) is 0 Å². The summed E-state index contributed by atoms with van der Waals surface area (Å²) in [5.41, 5.74) is 6.69. The summed E-state index contributed by atoms with van der Waals surface area (Å²) in [7, 11) is 0. The molecule has 0 N–H and O–H groups in total. The zero-order chi connectivity index (χ0) is 76.8. The third-order valence-corrected chi connectivity index (χ3v) is 28.7. The maximum atomic E-state index is 13.2. The normalized spacial score (nSPS) is 12.2. The average Bonchev–Trinajstić information content (AvgIpc) is 1.62. The van der Waals surface area contributed by atoms with Crippen LogP contribution in [0, 0.1) is 17.9 Å². The number of ether oxygens (including phenoxy) is 2. The molecule has 0 amide bonds. The lowest BCUT2D eigenvalue weighted by Crippen LogP contribution is -2.20. The fourth-order valence-electron chi connectivity index (χ4n) is 13.7. The lowest BCUT2D eigenvalue weighted by molar-refractivity contribution is -0.183. The Hall–Kier alpha value is -5.12. The molecule has 586 valence electrons. The Bertz CT molecular complexity index is 3670. The van der Waals surface area contributed by atoms with Crippen molar-refractivity contribution in [3.8, 4) is 64.6 Å². The Balaban J connectivity index is 1.35. The minimum Gasteiger partial charge on any atom is -0.461 e. The lowest BCUT2D eigenvalue weighted by atomic mass is 10.0. The van der Waals surface area contributed by atoms with E-state index in [-0.39, 0.29) is 0 Å². The Morgan fingerprint density at radius 2 is 0.617 bits per heavy atom. The zero-order valence-corrected chi connectivity index (χ0v) is 70.3. The van der Waals surface area contributed by atoms with Crippen LogP contribution in [0.15, 0.2) is 59.8 Å². The third-order valence-electron chi connectivity index (χ3n) is 19.6. The van der Waals surface area contributed by atoms with E-state index in [4.69, 9.17) is 6.57 Å². The highest BCUT2D eigenvalue weighted by atomic mass is 32.1. The first-order valence-corrected chi connectivity index (χ1v) is 46.1. The molecule has 0 fully saturated rings. The number of nitriles is 1. The van der Waals surface area contributed by atoms with Gasteiger partial charge in [0.2, 0.25) is 0 Å². The number of thiophene rings is 7. The molecule has 0 aliphatic carbocycles. The first-order chi connectivity index (χ1) is 51.8. The van der Waals surface area contributed by atoms with Crippen LogP contribution < -0.4 is 0 Å². The summed E-state index contributed by atoms with van der Waals surface area (Å²) < 4.78 is 88.4. The molecule has 0 aromatic carbocycles. The van der Waals surface area contributed by atoms with Gasteiger partial charge in [0.25, 0.3) is 5.70 Å².